The minimum Gasteiger partial charge on any atom is -0.305 e. The Hall–Kier alpha value is -0.750. The number of hydrogen-bond donors (Lipinski definition) is 0. The molecule has 66 valence electrons. The van der Waals surface area contributed by atoms with Gasteiger partial charge in [0.25, 0.3) is 0 Å². The summed E-state index contributed by atoms with van der Waals surface area (Å²) in [5.41, 5.74) is 0. The summed E-state index contributed by atoms with van der Waals surface area (Å²) in [5, 5.41) is 8.84. The Labute approximate surface area is 73.6 Å². The van der Waals surface area contributed by atoms with Gasteiger partial charge >= 0.3 is 0 Å². The molecule has 0 amide bonds. The van der Waals surface area contributed by atoms with Crippen molar-refractivity contribution in [1.82, 2.24) is 9.80 Å². The Balaban J connectivity index is 2.04. The lowest BCUT2D eigenvalue weighted by Gasteiger charge is -2.39. The predicted molar refractivity (Wildman–Crippen MR) is 46.4 cm³/mol. The molecule has 0 bridgehead atoms. The number of rotatable bonds is 0. The van der Waals surface area contributed by atoms with Gasteiger partial charge in [-0.15, -0.1) is 0 Å². The fraction of sp³-hybridized carbons (Fsp3) is 0.889. The van der Waals surface area contributed by atoms with Crippen LogP contribution in [0, 0.1) is 11.5 Å². The fourth-order valence-electron chi connectivity index (χ4n) is 2.33. The van der Waals surface area contributed by atoms with Crippen molar-refractivity contribution in [3.05, 3.63) is 0 Å². The minimum absolute atomic E-state index is 0.421. The van der Waals surface area contributed by atoms with Crippen LogP contribution in [0.2, 0.25) is 0 Å². The van der Waals surface area contributed by atoms with E-state index in [0.717, 1.165) is 13.1 Å². The number of hydrogen-bond acceptors (Lipinski definition) is 3. The molecule has 0 spiro atoms. The highest BCUT2D eigenvalue weighted by atomic mass is 15.3. The Kier molecular flexibility index (Phi) is 1.93. The molecule has 2 unspecified atom stereocenters. The van der Waals surface area contributed by atoms with E-state index in [4.69, 9.17) is 5.26 Å². The average Bonchev–Trinajstić information content (AvgIpc) is 2.49. The molecule has 0 aliphatic carbocycles. The van der Waals surface area contributed by atoms with Gasteiger partial charge in [-0.3, -0.25) is 4.90 Å². The van der Waals surface area contributed by atoms with Crippen molar-refractivity contribution in [2.75, 3.05) is 19.6 Å². The molecule has 0 aromatic heterocycles. The van der Waals surface area contributed by atoms with Gasteiger partial charge in [-0.1, -0.05) is 0 Å². The molecule has 2 atom stereocenters. The molecule has 0 aromatic rings. The van der Waals surface area contributed by atoms with Crippen LogP contribution < -0.4 is 0 Å². The van der Waals surface area contributed by atoms with Gasteiger partial charge in [-0.05, 0) is 26.3 Å². The molecular formula is C9H15N3. The maximum atomic E-state index is 8.84. The van der Waals surface area contributed by atoms with Crippen LogP contribution in [0.3, 0.4) is 0 Å². The SMILES string of the molecule is CC1CN2CCCC2CN1C#N. The van der Waals surface area contributed by atoms with Crippen molar-refractivity contribution in [2.45, 2.75) is 31.8 Å². The van der Waals surface area contributed by atoms with Crippen LogP contribution in [0.25, 0.3) is 0 Å². The van der Waals surface area contributed by atoms with Crippen molar-refractivity contribution in [3.8, 4) is 6.19 Å². The van der Waals surface area contributed by atoms with E-state index in [2.05, 4.69) is 18.0 Å². The highest BCUT2D eigenvalue weighted by molar-refractivity contribution is 4.94. The zero-order chi connectivity index (χ0) is 8.55. The molecule has 0 N–H and O–H groups in total. The third kappa shape index (κ3) is 1.16. The first-order chi connectivity index (χ1) is 5.81. The lowest BCUT2D eigenvalue weighted by Crippen LogP contribution is -2.52. The van der Waals surface area contributed by atoms with Gasteiger partial charge in [-0.2, -0.15) is 5.26 Å². The molecule has 2 fully saturated rings. The summed E-state index contributed by atoms with van der Waals surface area (Å²) in [6.07, 6.45) is 4.87. The van der Waals surface area contributed by atoms with Crippen molar-refractivity contribution in [1.29, 1.82) is 5.26 Å². The lowest BCUT2D eigenvalue weighted by atomic mass is 10.1. The molecule has 0 radical (unpaired) electrons. The van der Waals surface area contributed by atoms with Crippen LogP contribution >= 0.6 is 0 Å². The van der Waals surface area contributed by atoms with Crippen molar-refractivity contribution in [3.63, 3.8) is 0 Å². The van der Waals surface area contributed by atoms with E-state index in [1.54, 1.807) is 0 Å². The molecule has 3 heteroatoms. The summed E-state index contributed by atoms with van der Waals surface area (Å²) < 4.78 is 0. The average molecular weight is 165 g/mol. The normalized spacial score (nSPS) is 36.2. The summed E-state index contributed by atoms with van der Waals surface area (Å²) in [6, 6.07) is 1.09. The first-order valence-electron chi connectivity index (χ1n) is 4.71. The second-order valence-corrected chi connectivity index (χ2v) is 3.89. The van der Waals surface area contributed by atoms with E-state index in [0.29, 0.717) is 12.1 Å². The zero-order valence-electron chi connectivity index (χ0n) is 7.53. The molecule has 2 rings (SSSR count). The van der Waals surface area contributed by atoms with Crippen molar-refractivity contribution < 1.29 is 0 Å². The third-order valence-electron chi connectivity index (χ3n) is 3.07. The maximum Gasteiger partial charge on any atom is 0.179 e. The summed E-state index contributed by atoms with van der Waals surface area (Å²) in [7, 11) is 0. The first kappa shape index (κ1) is 7.88. The number of nitrogens with zero attached hydrogens (tertiary/aromatic N) is 3. The van der Waals surface area contributed by atoms with Gasteiger partial charge in [0.2, 0.25) is 0 Å². The van der Waals surface area contributed by atoms with Crippen LogP contribution in [0.1, 0.15) is 19.8 Å². The molecule has 2 saturated heterocycles. The topological polar surface area (TPSA) is 30.3 Å². The molecule has 2 heterocycles. The van der Waals surface area contributed by atoms with Crippen LogP contribution in [0.4, 0.5) is 0 Å². The van der Waals surface area contributed by atoms with Gasteiger partial charge in [0.1, 0.15) is 0 Å². The Morgan fingerprint density at radius 3 is 3.00 bits per heavy atom. The van der Waals surface area contributed by atoms with E-state index >= 15 is 0 Å². The Bertz CT molecular complexity index is 208. The van der Waals surface area contributed by atoms with Crippen LogP contribution in [0.5, 0.6) is 0 Å². The van der Waals surface area contributed by atoms with Crippen LogP contribution in [0.15, 0.2) is 0 Å². The monoisotopic (exact) mass is 165 g/mol. The second-order valence-electron chi connectivity index (χ2n) is 3.89. The Morgan fingerprint density at radius 1 is 1.42 bits per heavy atom. The minimum atomic E-state index is 0.421. The molecule has 2 aliphatic heterocycles. The van der Waals surface area contributed by atoms with Crippen LogP contribution in [-0.2, 0) is 0 Å². The highest BCUT2D eigenvalue weighted by Crippen LogP contribution is 2.23. The quantitative estimate of drug-likeness (QED) is 0.493. The van der Waals surface area contributed by atoms with Gasteiger partial charge in [0.15, 0.2) is 6.19 Å². The highest BCUT2D eigenvalue weighted by Gasteiger charge is 2.33. The predicted octanol–water partition coefficient (Wildman–Crippen LogP) is 0.636. The van der Waals surface area contributed by atoms with Crippen molar-refractivity contribution in [2.24, 2.45) is 0 Å². The summed E-state index contributed by atoms with van der Waals surface area (Å²) in [6.45, 7) is 5.42. The lowest BCUT2D eigenvalue weighted by molar-refractivity contribution is 0.100. The molecule has 0 aromatic carbocycles. The van der Waals surface area contributed by atoms with E-state index in [1.165, 1.54) is 19.4 Å². The number of fused-ring (bicyclic) bond motifs is 1. The first-order valence-corrected chi connectivity index (χ1v) is 4.71. The van der Waals surface area contributed by atoms with Crippen molar-refractivity contribution >= 4 is 0 Å². The molecule has 0 saturated carbocycles. The molecular weight excluding hydrogens is 150 g/mol. The molecule has 2 aliphatic rings. The fourth-order valence-corrected chi connectivity index (χ4v) is 2.33. The Morgan fingerprint density at radius 2 is 2.25 bits per heavy atom. The van der Waals surface area contributed by atoms with Gasteiger partial charge < -0.3 is 4.90 Å². The van der Waals surface area contributed by atoms with Gasteiger partial charge in [0.05, 0.1) is 0 Å². The largest absolute Gasteiger partial charge is 0.305 e. The van der Waals surface area contributed by atoms with E-state index < -0.39 is 0 Å². The zero-order valence-corrected chi connectivity index (χ0v) is 7.53. The maximum absolute atomic E-state index is 8.84. The standard InChI is InChI=1S/C9H15N3/c1-8-5-11-4-2-3-9(11)6-12(8)7-10/h8-9H,2-6H2,1H3. The third-order valence-corrected chi connectivity index (χ3v) is 3.07. The smallest absolute Gasteiger partial charge is 0.179 e. The van der Waals surface area contributed by atoms with E-state index in [-0.39, 0.29) is 0 Å². The van der Waals surface area contributed by atoms with Gasteiger partial charge in [-0.25, -0.2) is 0 Å². The summed E-state index contributed by atoms with van der Waals surface area (Å²) in [5.74, 6) is 0. The molecule has 3 nitrogen and oxygen atoms in total. The van der Waals surface area contributed by atoms with E-state index in [1.807, 2.05) is 4.90 Å². The second kappa shape index (κ2) is 2.95. The van der Waals surface area contributed by atoms with Gasteiger partial charge in [0, 0.05) is 25.2 Å². The molecule has 12 heavy (non-hydrogen) atoms. The number of piperazine rings is 1. The number of nitriles is 1. The summed E-state index contributed by atoms with van der Waals surface area (Å²) >= 11 is 0. The van der Waals surface area contributed by atoms with E-state index in [9.17, 15) is 0 Å². The van der Waals surface area contributed by atoms with Crippen LogP contribution in [-0.4, -0.2) is 41.5 Å². The summed E-state index contributed by atoms with van der Waals surface area (Å²) in [4.78, 5) is 4.45.